The van der Waals surface area contributed by atoms with Gasteiger partial charge in [-0.3, -0.25) is 9.36 Å². The first-order valence-electron chi connectivity index (χ1n) is 8.05. The van der Waals surface area contributed by atoms with Crippen molar-refractivity contribution >= 4 is 39.7 Å². The number of nitrogens with zero attached hydrogens (tertiary/aromatic N) is 1. The Bertz CT molecular complexity index is 1020. The van der Waals surface area contributed by atoms with Gasteiger partial charge in [-0.1, -0.05) is 37.3 Å². The van der Waals surface area contributed by atoms with E-state index < -0.39 is 12.0 Å². The van der Waals surface area contributed by atoms with E-state index in [4.69, 9.17) is 12.2 Å². The molecule has 1 unspecified atom stereocenters. The first-order valence-corrected chi connectivity index (χ1v) is 9.27. The van der Waals surface area contributed by atoms with E-state index in [0.29, 0.717) is 23.1 Å². The van der Waals surface area contributed by atoms with Crippen LogP contribution in [-0.2, 0) is 17.6 Å². The van der Waals surface area contributed by atoms with Crippen molar-refractivity contribution in [2.75, 3.05) is 0 Å². The summed E-state index contributed by atoms with van der Waals surface area (Å²) in [4.78, 5) is 29.4. The second kappa shape index (κ2) is 7.33. The molecule has 2 heterocycles. The van der Waals surface area contributed by atoms with Gasteiger partial charge in [0.15, 0.2) is 4.77 Å². The van der Waals surface area contributed by atoms with Gasteiger partial charge >= 0.3 is 5.97 Å². The van der Waals surface area contributed by atoms with Crippen LogP contribution in [0.3, 0.4) is 0 Å². The quantitative estimate of drug-likeness (QED) is 0.641. The van der Waals surface area contributed by atoms with Gasteiger partial charge in [0.05, 0.1) is 5.39 Å². The van der Waals surface area contributed by atoms with Crippen molar-refractivity contribution in [3.63, 3.8) is 0 Å². The van der Waals surface area contributed by atoms with Crippen molar-refractivity contribution in [3.8, 4) is 0 Å². The predicted octanol–water partition coefficient (Wildman–Crippen LogP) is 3.94. The monoisotopic (exact) mass is 374 g/mol. The SMILES string of the molecule is CCc1cc2c(=O)n(C(CCc3ccccc3)C(=O)O)c(=S)[nH]c2s1. The standard InChI is InChI=1S/C18H18N2O3S2/c1-2-12-10-13-15(25-12)19-18(24)20(16(13)21)14(17(22)23)9-8-11-6-4-3-5-7-11/h3-7,10,14H,2,8-9H2,1H3,(H,19,24)(H,22,23). The number of rotatable bonds is 6. The maximum absolute atomic E-state index is 12.9. The average Bonchev–Trinajstić information content (AvgIpc) is 3.01. The fourth-order valence-electron chi connectivity index (χ4n) is 2.84. The topological polar surface area (TPSA) is 75.1 Å². The molecule has 0 saturated heterocycles. The molecular formula is C18H18N2O3S2. The number of carboxylic acid groups (broad SMARTS) is 1. The molecule has 2 aromatic heterocycles. The third kappa shape index (κ3) is 3.57. The zero-order valence-corrected chi connectivity index (χ0v) is 15.3. The number of H-pyrrole nitrogens is 1. The van der Waals surface area contributed by atoms with E-state index in [9.17, 15) is 14.7 Å². The lowest BCUT2D eigenvalue weighted by molar-refractivity contribution is -0.141. The Morgan fingerprint density at radius 2 is 2.08 bits per heavy atom. The molecule has 0 bridgehead atoms. The van der Waals surface area contributed by atoms with Gasteiger partial charge < -0.3 is 10.1 Å². The van der Waals surface area contributed by atoms with Gasteiger partial charge in [-0.25, -0.2) is 4.79 Å². The molecule has 0 spiro atoms. The van der Waals surface area contributed by atoms with Crippen LogP contribution >= 0.6 is 23.6 Å². The number of aliphatic carboxylic acids is 1. The van der Waals surface area contributed by atoms with Crippen LogP contribution in [0.5, 0.6) is 0 Å². The van der Waals surface area contributed by atoms with Crippen molar-refractivity contribution in [2.24, 2.45) is 0 Å². The van der Waals surface area contributed by atoms with Gasteiger partial charge in [0.25, 0.3) is 5.56 Å². The van der Waals surface area contributed by atoms with Gasteiger partial charge in [0.2, 0.25) is 0 Å². The Balaban J connectivity index is 2.02. The van der Waals surface area contributed by atoms with Crippen LogP contribution < -0.4 is 5.56 Å². The molecule has 2 N–H and O–H groups in total. The summed E-state index contributed by atoms with van der Waals surface area (Å²) in [7, 11) is 0. The molecular weight excluding hydrogens is 356 g/mol. The third-order valence-electron chi connectivity index (χ3n) is 4.17. The molecule has 7 heteroatoms. The third-order valence-corrected chi connectivity index (χ3v) is 5.66. The number of aryl methyl sites for hydroxylation is 2. The molecule has 3 aromatic rings. The number of hydrogen-bond acceptors (Lipinski definition) is 4. The molecule has 130 valence electrons. The smallest absolute Gasteiger partial charge is 0.326 e. The Labute approximate surface area is 153 Å². The Hall–Kier alpha value is -2.25. The first kappa shape index (κ1) is 17.6. The molecule has 25 heavy (non-hydrogen) atoms. The number of fused-ring (bicyclic) bond motifs is 1. The molecule has 5 nitrogen and oxygen atoms in total. The molecule has 0 aliphatic heterocycles. The number of carbonyl (C=O) groups is 1. The first-order chi connectivity index (χ1) is 12.0. The number of aromatic nitrogens is 2. The Kier molecular flexibility index (Phi) is 5.15. The van der Waals surface area contributed by atoms with E-state index in [1.807, 2.05) is 43.3 Å². The van der Waals surface area contributed by atoms with Gasteiger partial charge in [-0.15, -0.1) is 11.3 Å². The van der Waals surface area contributed by atoms with Crippen LogP contribution in [0.1, 0.15) is 29.8 Å². The molecule has 0 fully saturated rings. The number of nitrogens with one attached hydrogen (secondary N) is 1. The lowest BCUT2D eigenvalue weighted by Crippen LogP contribution is -2.31. The number of hydrogen-bond donors (Lipinski definition) is 2. The lowest BCUT2D eigenvalue weighted by atomic mass is 10.1. The summed E-state index contributed by atoms with van der Waals surface area (Å²) in [5, 5.41) is 10.2. The Morgan fingerprint density at radius 1 is 1.36 bits per heavy atom. The maximum Gasteiger partial charge on any atom is 0.326 e. The Morgan fingerprint density at radius 3 is 2.72 bits per heavy atom. The number of carboxylic acids is 1. The molecule has 1 atom stereocenters. The molecule has 1 aromatic carbocycles. The van der Waals surface area contributed by atoms with E-state index in [0.717, 1.165) is 16.9 Å². The summed E-state index contributed by atoms with van der Waals surface area (Å²) >= 11 is 6.77. The molecule has 0 aliphatic rings. The van der Waals surface area contributed by atoms with Gasteiger partial charge in [-0.05, 0) is 43.1 Å². The summed E-state index contributed by atoms with van der Waals surface area (Å²) < 4.78 is 1.36. The fourth-order valence-corrected chi connectivity index (χ4v) is 4.21. The summed E-state index contributed by atoms with van der Waals surface area (Å²) in [6.07, 6.45) is 1.67. The zero-order chi connectivity index (χ0) is 18.0. The summed E-state index contributed by atoms with van der Waals surface area (Å²) in [5.41, 5.74) is 0.691. The lowest BCUT2D eigenvalue weighted by Gasteiger charge is -2.16. The molecule has 0 amide bonds. The molecule has 0 saturated carbocycles. The van der Waals surface area contributed by atoms with Crippen LogP contribution in [0.4, 0.5) is 0 Å². The maximum atomic E-state index is 12.9. The minimum absolute atomic E-state index is 0.155. The van der Waals surface area contributed by atoms with Crippen LogP contribution in [0.15, 0.2) is 41.2 Å². The van der Waals surface area contributed by atoms with Crippen molar-refractivity contribution in [1.82, 2.24) is 9.55 Å². The van der Waals surface area contributed by atoms with Crippen molar-refractivity contribution in [2.45, 2.75) is 32.2 Å². The van der Waals surface area contributed by atoms with E-state index in [1.165, 1.54) is 15.9 Å². The normalized spacial score (nSPS) is 12.4. The average molecular weight is 374 g/mol. The summed E-state index contributed by atoms with van der Waals surface area (Å²) in [5.74, 6) is -1.05. The summed E-state index contributed by atoms with van der Waals surface area (Å²) in [6, 6.07) is 10.4. The predicted molar refractivity (Wildman–Crippen MR) is 102 cm³/mol. The molecule has 3 rings (SSSR count). The number of benzene rings is 1. The zero-order valence-electron chi connectivity index (χ0n) is 13.7. The molecule has 0 radical (unpaired) electrons. The highest BCUT2D eigenvalue weighted by Gasteiger charge is 2.23. The summed E-state index contributed by atoms with van der Waals surface area (Å²) in [6.45, 7) is 2.01. The van der Waals surface area contributed by atoms with E-state index in [1.54, 1.807) is 0 Å². The van der Waals surface area contributed by atoms with Gasteiger partial charge in [0.1, 0.15) is 10.9 Å². The molecule has 0 aliphatic carbocycles. The van der Waals surface area contributed by atoms with Crippen LogP contribution in [0.25, 0.3) is 10.2 Å². The highest BCUT2D eigenvalue weighted by atomic mass is 32.1. The number of aromatic amines is 1. The van der Waals surface area contributed by atoms with Crippen LogP contribution in [-0.4, -0.2) is 20.6 Å². The second-order valence-corrected chi connectivity index (χ2v) is 7.32. The van der Waals surface area contributed by atoms with Crippen molar-refractivity contribution in [1.29, 1.82) is 0 Å². The van der Waals surface area contributed by atoms with E-state index in [2.05, 4.69) is 4.98 Å². The van der Waals surface area contributed by atoms with Gasteiger partial charge in [-0.2, -0.15) is 0 Å². The van der Waals surface area contributed by atoms with Gasteiger partial charge in [0, 0.05) is 4.88 Å². The van der Waals surface area contributed by atoms with Crippen LogP contribution in [0.2, 0.25) is 0 Å². The second-order valence-electron chi connectivity index (χ2n) is 5.79. The minimum atomic E-state index is -1.05. The van der Waals surface area contributed by atoms with Crippen molar-refractivity contribution in [3.05, 3.63) is 62.0 Å². The van der Waals surface area contributed by atoms with Crippen molar-refractivity contribution < 1.29 is 9.90 Å². The highest BCUT2D eigenvalue weighted by Crippen LogP contribution is 2.23. The van der Waals surface area contributed by atoms with E-state index in [-0.39, 0.29) is 10.3 Å². The fraction of sp³-hybridized carbons (Fsp3) is 0.278. The number of thiophene rings is 1. The van der Waals surface area contributed by atoms with Crippen LogP contribution in [0, 0.1) is 4.77 Å². The minimum Gasteiger partial charge on any atom is -0.480 e. The largest absolute Gasteiger partial charge is 0.480 e. The van der Waals surface area contributed by atoms with E-state index >= 15 is 0 Å². The highest BCUT2D eigenvalue weighted by molar-refractivity contribution is 7.71.